The van der Waals surface area contributed by atoms with Crippen LogP contribution in [-0.2, 0) is 22.6 Å². The molecule has 0 aliphatic heterocycles. The summed E-state index contributed by atoms with van der Waals surface area (Å²) < 4.78 is 0. The van der Waals surface area contributed by atoms with Gasteiger partial charge in [0.2, 0.25) is 11.8 Å². The lowest BCUT2D eigenvalue weighted by atomic mass is 10.1. The maximum atomic E-state index is 12.0. The summed E-state index contributed by atoms with van der Waals surface area (Å²) >= 11 is 5.92. The van der Waals surface area contributed by atoms with Crippen LogP contribution < -0.4 is 10.6 Å². The molecule has 0 bridgehead atoms. The number of anilines is 1. The maximum absolute atomic E-state index is 12.0. The normalized spacial score (nSPS) is 10.2. The molecule has 0 saturated carbocycles. The highest BCUT2D eigenvalue weighted by molar-refractivity contribution is 6.30. The van der Waals surface area contributed by atoms with E-state index in [0.717, 1.165) is 23.2 Å². The highest BCUT2D eigenvalue weighted by Gasteiger charge is 2.05. The van der Waals surface area contributed by atoms with Gasteiger partial charge in [-0.15, -0.1) is 0 Å². The molecular weight excluding hydrogens is 324 g/mol. The molecule has 0 radical (unpaired) electrons. The fourth-order valence-corrected chi connectivity index (χ4v) is 2.52. The molecule has 2 N–H and O–H groups in total. The zero-order valence-corrected chi connectivity index (χ0v) is 14.4. The summed E-state index contributed by atoms with van der Waals surface area (Å²) in [5.74, 6) is -0.0719. The first-order valence-electron chi connectivity index (χ1n) is 7.96. The van der Waals surface area contributed by atoms with E-state index >= 15 is 0 Å². The minimum atomic E-state index is -0.0716. The van der Waals surface area contributed by atoms with Gasteiger partial charge in [-0.3, -0.25) is 9.59 Å². The summed E-state index contributed by atoms with van der Waals surface area (Å²) in [7, 11) is 0. The lowest BCUT2D eigenvalue weighted by Gasteiger charge is -2.09. The molecule has 126 valence electrons. The number of halogens is 1. The number of carbonyl (C=O) groups excluding carboxylic acids is 2. The average Bonchev–Trinajstić information content (AvgIpc) is 2.53. The number of carbonyl (C=O) groups is 2. The molecule has 2 amide bonds. The predicted octanol–water partition coefficient (Wildman–Crippen LogP) is 3.94. The van der Waals surface area contributed by atoms with Crippen molar-refractivity contribution >= 4 is 29.1 Å². The molecule has 0 heterocycles. The molecule has 4 nitrogen and oxygen atoms in total. The summed E-state index contributed by atoms with van der Waals surface area (Å²) in [6, 6.07) is 14.7. The molecule has 2 rings (SSSR count). The Balaban J connectivity index is 1.87. The van der Waals surface area contributed by atoms with Crippen LogP contribution in [0.3, 0.4) is 0 Å². The van der Waals surface area contributed by atoms with Gasteiger partial charge in [0.1, 0.15) is 0 Å². The molecule has 5 heteroatoms. The second-order valence-electron chi connectivity index (χ2n) is 5.58. The Morgan fingerprint density at radius 1 is 1.00 bits per heavy atom. The van der Waals surface area contributed by atoms with Gasteiger partial charge in [-0.05, 0) is 41.8 Å². The molecule has 0 aliphatic rings. The SMILES string of the molecule is CCCC(=O)Nc1cccc(CNC(=O)Cc2cccc(Cl)c2)c1. The molecule has 0 spiro atoms. The largest absolute Gasteiger partial charge is 0.352 e. The van der Waals surface area contributed by atoms with Gasteiger partial charge < -0.3 is 10.6 Å². The quantitative estimate of drug-likeness (QED) is 0.799. The van der Waals surface area contributed by atoms with E-state index in [-0.39, 0.29) is 18.2 Å². The van der Waals surface area contributed by atoms with Crippen molar-refractivity contribution in [1.29, 1.82) is 0 Å². The second-order valence-corrected chi connectivity index (χ2v) is 6.02. The molecule has 24 heavy (non-hydrogen) atoms. The van der Waals surface area contributed by atoms with Crippen molar-refractivity contribution in [1.82, 2.24) is 5.32 Å². The van der Waals surface area contributed by atoms with Crippen LogP contribution in [-0.4, -0.2) is 11.8 Å². The molecule has 0 atom stereocenters. The number of amides is 2. The van der Waals surface area contributed by atoms with Gasteiger partial charge in [-0.2, -0.15) is 0 Å². The summed E-state index contributed by atoms with van der Waals surface area (Å²) in [6.07, 6.45) is 1.60. The fourth-order valence-electron chi connectivity index (χ4n) is 2.31. The lowest BCUT2D eigenvalue weighted by Crippen LogP contribution is -2.24. The summed E-state index contributed by atoms with van der Waals surface area (Å²) in [6.45, 7) is 2.38. The molecule has 0 aliphatic carbocycles. The minimum absolute atomic E-state index is 0.000332. The molecule has 0 aromatic heterocycles. The maximum Gasteiger partial charge on any atom is 0.224 e. The van der Waals surface area contributed by atoms with Gasteiger partial charge in [0.15, 0.2) is 0 Å². The van der Waals surface area contributed by atoms with Crippen molar-refractivity contribution in [2.75, 3.05) is 5.32 Å². The fraction of sp³-hybridized carbons (Fsp3) is 0.263. The number of rotatable bonds is 7. The Labute approximate surface area is 147 Å². The number of hydrogen-bond acceptors (Lipinski definition) is 2. The van der Waals surface area contributed by atoms with E-state index in [2.05, 4.69) is 10.6 Å². The van der Waals surface area contributed by atoms with Gasteiger partial charge in [0, 0.05) is 23.7 Å². The molecule has 0 saturated heterocycles. The van der Waals surface area contributed by atoms with E-state index in [9.17, 15) is 9.59 Å². The van der Waals surface area contributed by atoms with Crippen LogP contribution in [0.15, 0.2) is 48.5 Å². The topological polar surface area (TPSA) is 58.2 Å². The highest BCUT2D eigenvalue weighted by atomic mass is 35.5. The first kappa shape index (κ1) is 18.0. The summed E-state index contributed by atoms with van der Waals surface area (Å²) in [5.41, 5.74) is 2.55. The predicted molar refractivity (Wildman–Crippen MR) is 97.0 cm³/mol. The Morgan fingerprint density at radius 3 is 2.50 bits per heavy atom. The van der Waals surface area contributed by atoms with E-state index < -0.39 is 0 Å². The molecule has 0 fully saturated rings. The zero-order valence-electron chi connectivity index (χ0n) is 13.6. The average molecular weight is 345 g/mol. The molecule has 0 unspecified atom stereocenters. The number of benzene rings is 2. The van der Waals surface area contributed by atoms with Crippen molar-refractivity contribution in [3.8, 4) is 0 Å². The first-order chi connectivity index (χ1) is 11.6. The van der Waals surface area contributed by atoms with E-state index in [1.807, 2.05) is 43.3 Å². The second kappa shape index (κ2) is 9.08. The van der Waals surface area contributed by atoms with Crippen LogP contribution >= 0.6 is 11.6 Å². The monoisotopic (exact) mass is 344 g/mol. The highest BCUT2D eigenvalue weighted by Crippen LogP contribution is 2.13. The zero-order chi connectivity index (χ0) is 17.4. The Morgan fingerprint density at radius 2 is 1.75 bits per heavy atom. The van der Waals surface area contributed by atoms with Crippen molar-refractivity contribution in [3.63, 3.8) is 0 Å². The minimum Gasteiger partial charge on any atom is -0.352 e. The van der Waals surface area contributed by atoms with Gasteiger partial charge in [-0.1, -0.05) is 42.8 Å². The van der Waals surface area contributed by atoms with Gasteiger partial charge in [0.25, 0.3) is 0 Å². The van der Waals surface area contributed by atoms with E-state index in [0.29, 0.717) is 18.0 Å². The van der Waals surface area contributed by atoms with Crippen LogP contribution in [0, 0.1) is 0 Å². The first-order valence-corrected chi connectivity index (χ1v) is 8.34. The Bertz CT molecular complexity index is 716. The molecular formula is C19H21ClN2O2. The summed E-state index contributed by atoms with van der Waals surface area (Å²) in [4.78, 5) is 23.6. The summed E-state index contributed by atoms with van der Waals surface area (Å²) in [5, 5.41) is 6.35. The van der Waals surface area contributed by atoms with Crippen molar-refractivity contribution in [2.45, 2.75) is 32.7 Å². The van der Waals surface area contributed by atoms with Crippen LogP contribution in [0.5, 0.6) is 0 Å². The van der Waals surface area contributed by atoms with Crippen molar-refractivity contribution in [3.05, 3.63) is 64.7 Å². The van der Waals surface area contributed by atoms with Gasteiger partial charge in [0.05, 0.1) is 6.42 Å². The van der Waals surface area contributed by atoms with E-state index in [1.165, 1.54) is 0 Å². The third kappa shape index (κ3) is 6.05. The molecule has 2 aromatic rings. The standard InChI is InChI=1S/C19H21ClN2O2/c1-2-5-18(23)22-17-9-4-7-15(11-17)13-21-19(24)12-14-6-3-8-16(20)10-14/h3-4,6-11H,2,5,12-13H2,1H3,(H,21,24)(H,22,23). The van der Waals surface area contributed by atoms with E-state index in [1.54, 1.807) is 12.1 Å². The lowest BCUT2D eigenvalue weighted by molar-refractivity contribution is -0.120. The van der Waals surface area contributed by atoms with Gasteiger partial charge >= 0.3 is 0 Å². The number of nitrogens with one attached hydrogen (secondary N) is 2. The van der Waals surface area contributed by atoms with Crippen LogP contribution in [0.25, 0.3) is 0 Å². The van der Waals surface area contributed by atoms with Crippen molar-refractivity contribution < 1.29 is 9.59 Å². The van der Waals surface area contributed by atoms with Crippen LogP contribution in [0.1, 0.15) is 30.9 Å². The number of hydrogen-bond donors (Lipinski definition) is 2. The van der Waals surface area contributed by atoms with Gasteiger partial charge in [-0.25, -0.2) is 0 Å². The Hall–Kier alpha value is -2.33. The molecule has 2 aromatic carbocycles. The third-order valence-corrected chi connectivity index (χ3v) is 3.67. The van der Waals surface area contributed by atoms with Crippen molar-refractivity contribution in [2.24, 2.45) is 0 Å². The van der Waals surface area contributed by atoms with E-state index in [4.69, 9.17) is 11.6 Å². The smallest absolute Gasteiger partial charge is 0.224 e. The van der Waals surface area contributed by atoms with Crippen LogP contribution in [0.4, 0.5) is 5.69 Å². The van der Waals surface area contributed by atoms with Crippen LogP contribution in [0.2, 0.25) is 5.02 Å². The third-order valence-electron chi connectivity index (χ3n) is 3.43. The Kier molecular flexibility index (Phi) is 6.82.